The van der Waals surface area contributed by atoms with Gasteiger partial charge in [0.25, 0.3) is 11.8 Å². The molecular formula is C6H12NO5+. The molecular weight excluding hydrogens is 166 g/mol. The Kier molecular flexibility index (Phi) is 2.63. The molecule has 0 fully saturated rings. The lowest BCUT2D eigenvalue weighted by molar-refractivity contribution is -0.798. The van der Waals surface area contributed by atoms with E-state index in [0.29, 0.717) is 4.74 Å². The first-order valence-corrected chi connectivity index (χ1v) is 3.55. The van der Waals surface area contributed by atoms with Gasteiger partial charge in [-0.15, -0.1) is 0 Å². The second-order valence-electron chi connectivity index (χ2n) is 2.68. The van der Waals surface area contributed by atoms with E-state index in [1.54, 1.807) is 0 Å². The molecule has 12 heavy (non-hydrogen) atoms. The van der Waals surface area contributed by atoms with E-state index in [-0.39, 0.29) is 5.71 Å². The van der Waals surface area contributed by atoms with E-state index in [1.807, 2.05) is 0 Å². The smallest absolute Gasteiger partial charge is 0.261 e. The monoisotopic (exact) mass is 178 g/mol. The lowest BCUT2D eigenvalue weighted by Crippen LogP contribution is -2.37. The fourth-order valence-electron chi connectivity index (χ4n) is 1.25. The third-order valence-electron chi connectivity index (χ3n) is 2.02. The number of aliphatic hydroxyl groups is 4. The molecule has 6 nitrogen and oxygen atoms in total. The van der Waals surface area contributed by atoms with E-state index in [2.05, 4.69) is 0 Å². The Morgan fingerprint density at radius 2 is 1.83 bits per heavy atom. The average Bonchev–Trinajstić information content (AvgIpc) is 2.25. The summed E-state index contributed by atoms with van der Waals surface area (Å²) in [5, 5.41) is 44.8. The van der Waals surface area contributed by atoms with Crippen molar-refractivity contribution in [3.8, 4) is 0 Å². The molecule has 1 aliphatic rings. The summed E-state index contributed by atoms with van der Waals surface area (Å²) in [5.41, 5.74) is -0.0958. The molecule has 3 unspecified atom stereocenters. The van der Waals surface area contributed by atoms with Gasteiger partial charge in [0.1, 0.15) is 13.2 Å². The van der Waals surface area contributed by atoms with Crippen LogP contribution in [0.5, 0.6) is 0 Å². The quantitative estimate of drug-likeness (QED) is 0.228. The minimum Gasteiger partial charge on any atom is -0.389 e. The zero-order valence-corrected chi connectivity index (χ0v) is 6.33. The molecule has 0 amide bonds. The van der Waals surface area contributed by atoms with Gasteiger partial charge in [-0.25, -0.2) is 0 Å². The molecule has 0 aromatic rings. The van der Waals surface area contributed by atoms with Gasteiger partial charge in [-0.1, -0.05) is 0 Å². The van der Waals surface area contributed by atoms with Crippen molar-refractivity contribution in [3.05, 3.63) is 0 Å². The summed E-state index contributed by atoms with van der Waals surface area (Å²) in [5.74, 6) is 0. The number of aliphatic hydroxyl groups excluding tert-OH is 4. The van der Waals surface area contributed by atoms with Crippen LogP contribution in [0.25, 0.3) is 0 Å². The first-order valence-electron chi connectivity index (χ1n) is 3.55. The van der Waals surface area contributed by atoms with E-state index in [4.69, 9.17) is 20.5 Å². The van der Waals surface area contributed by atoms with Crippen LogP contribution in [-0.4, -0.2) is 67.5 Å². The van der Waals surface area contributed by atoms with Gasteiger partial charge in [-0.2, -0.15) is 0 Å². The second kappa shape index (κ2) is 3.36. The molecule has 6 heteroatoms. The van der Waals surface area contributed by atoms with Crippen LogP contribution < -0.4 is 0 Å². The Hall–Kier alpha value is -0.690. The molecule has 5 N–H and O–H groups in total. The Bertz CT molecular complexity index is 204. The van der Waals surface area contributed by atoms with Gasteiger partial charge in [0.05, 0.1) is 0 Å². The number of hydrogen-bond donors (Lipinski definition) is 5. The zero-order valence-electron chi connectivity index (χ0n) is 6.33. The standard InChI is InChI=1S/C6H12NO5/c8-1-3-5(10)6(11)4(2-9)7(3)12/h3,5-6,8-12H,1-2H2/q+1. The Morgan fingerprint density at radius 3 is 2.08 bits per heavy atom. The van der Waals surface area contributed by atoms with Crippen LogP contribution in [0, 0.1) is 0 Å². The van der Waals surface area contributed by atoms with Crippen LogP contribution in [0.1, 0.15) is 0 Å². The fourth-order valence-corrected chi connectivity index (χ4v) is 1.25. The average molecular weight is 178 g/mol. The largest absolute Gasteiger partial charge is 0.389 e. The Labute approximate surface area is 68.6 Å². The van der Waals surface area contributed by atoms with Gasteiger partial charge in [-0.3, -0.25) is 5.21 Å². The van der Waals surface area contributed by atoms with Gasteiger partial charge >= 0.3 is 0 Å². The molecule has 1 aliphatic heterocycles. The molecule has 70 valence electrons. The number of rotatable bonds is 2. The minimum absolute atomic E-state index is 0.0958. The highest BCUT2D eigenvalue weighted by atomic mass is 16.5. The first kappa shape index (κ1) is 9.40. The van der Waals surface area contributed by atoms with Crippen molar-refractivity contribution in [1.29, 1.82) is 0 Å². The van der Waals surface area contributed by atoms with Crippen molar-refractivity contribution >= 4 is 5.71 Å². The maximum atomic E-state index is 9.19. The summed E-state index contributed by atoms with van der Waals surface area (Å²) in [4.78, 5) is 0. The Morgan fingerprint density at radius 1 is 1.25 bits per heavy atom. The van der Waals surface area contributed by atoms with Crippen LogP contribution in [-0.2, 0) is 0 Å². The van der Waals surface area contributed by atoms with E-state index >= 15 is 0 Å². The van der Waals surface area contributed by atoms with E-state index in [9.17, 15) is 5.11 Å². The predicted molar refractivity (Wildman–Crippen MR) is 37.0 cm³/mol. The summed E-state index contributed by atoms with van der Waals surface area (Å²) in [6.45, 7) is -1.04. The lowest BCUT2D eigenvalue weighted by atomic mass is 10.1. The van der Waals surface area contributed by atoms with Gasteiger partial charge in [0, 0.05) is 0 Å². The molecule has 0 aliphatic carbocycles. The summed E-state index contributed by atoms with van der Waals surface area (Å²) in [7, 11) is 0. The maximum Gasteiger partial charge on any atom is 0.261 e. The summed E-state index contributed by atoms with van der Waals surface area (Å²) < 4.78 is 0.509. The zero-order chi connectivity index (χ0) is 9.30. The van der Waals surface area contributed by atoms with Crippen molar-refractivity contribution in [2.24, 2.45) is 0 Å². The molecule has 0 bridgehead atoms. The highest BCUT2D eigenvalue weighted by Gasteiger charge is 2.49. The van der Waals surface area contributed by atoms with Crippen molar-refractivity contribution in [2.45, 2.75) is 18.2 Å². The van der Waals surface area contributed by atoms with Crippen molar-refractivity contribution in [3.63, 3.8) is 0 Å². The molecule has 3 atom stereocenters. The highest BCUT2D eigenvalue weighted by Crippen LogP contribution is 2.12. The highest BCUT2D eigenvalue weighted by molar-refractivity contribution is 5.86. The molecule has 1 heterocycles. The fraction of sp³-hybridized carbons (Fsp3) is 0.833. The van der Waals surface area contributed by atoms with Crippen LogP contribution in [0.3, 0.4) is 0 Å². The topological polar surface area (TPSA) is 104 Å². The first-order chi connectivity index (χ1) is 5.63. The Balaban J connectivity index is 2.89. The minimum atomic E-state index is -1.31. The van der Waals surface area contributed by atoms with Gasteiger partial charge in [-0.05, 0) is 4.74 Å². The van der Waals surface area contributed by atoms with Crippen molar-refractivity contribution in [2.75, 3.05) is 13.2 Å². The molecule has 0 saturated heterocycles. The van der Waals surface area contributed by atoms with E-state index in [0.717, 1.165) is 0 Å². The molecule has 0 spiro atoms. The molecule has 1 rings (SSSR count). The van der Waals surface area contributed by atoms with Crippen LogP contribution in [0.4, 0.5) is 0 Å². The van der Waals surface area contributed by atoms with Gasteiger partial charge in [0.15, 0.2) is 12.2 Å². The van der Waals surface area contributed by atoms with E-state index in [1.165, 1.54) is 0 Å². The third kappa shape index (κ3) is 1.18. The number of hydroxylamine groups is 1. The van der Waals surface area contributed by atoms with Crippen LogP contribution in [0.2, 0.25) is 0 Å². The van der Waals surface area contributed by atoms with Gasteiger partial charge in [0.2, 0.25) is 0 Å². The summed E-state index contributed by atoms with van der Waals surface area (Å²) in [6, 6.07) is -0.956. The lowest BCUT2D eigenvalue weighted by Gasteiger charge is -2.06. The normalized spacial score (nSPS) is 36.2. The molecule has 0 saturated carbocycles. The van der Waals surface area contributed by atoms with Crippen molar-refractivity contribution in [1.82, 2.24) is 0 Å². The van der Waals surface area contributed by atoms with Gasteiger partial charge < -0.3 is 20.4 Å². The van der Waals surface area contributed by atoms with E-state index < -0.39 is 31.5 Å². The SMILES string of the molecule is OCC1=[N+](O)C(CO)C(O)C1O. The van der Waals surface area contributed by atoms with Crippen LogP contribution >= 0.6 is 0 Å². The third-order valence-corrected chi connectivity index (χ3v) is 2.02. The number of nitrogens with zero attached hydrogens (tertiary/aromatic N) is 1. The molecule has 0 aromatic heterocycles. The number of hydrogen-bond acceptors (Lipinski definition) is 5. The molecule has 0 radical (unpaired) electrons. The maximum absolute atomic E-state index is 9.19. The van der Waals surface area contributed by atoms with Crippen molar-refractivity contribution < 1.29 is 30.4 Å². The summed E-state index contributed by atoms with van der Waals surface area (Å²) in [6.07, 6.45) is -2.57. The van der Waals surface area contributed by atoms with Crippen LogP contribution in [0.15, 0.2) is 0 Å². The predicted octanol–water partition coefficient (Wildman–Crippen LogP) is -3.08. The second-order valence-corrected chi connectivity index (χ2v) is 2.68. The molecule has 0 aromatic carbocycles. The summed E-state index contributed by atoms with van der Waals surface area (Å²) >= 11 is 0.